The Kier molecular flexibility index (Phi) is 7.25. The number of rotatable bonds is 8. The first kappa shape index (κ1) is 14.5. The summed E-state index contributed by atoms with van der Waals surface area (Å²) in [7, 11) is 0. The van der Waals surface area contributed by atoms with Gasteiger partial charge in [-0.25, -0.2) is 0 Å². The van der Waals surface area contributed by atoms with E-state index in [0.717, 1.165) is 38.7 Å². The Balaban J connectivity index is 1.97. The van der Waals surface area contributed by atoms with Crippen LogP contribution in [0.3, 0.4) is 0 Å². The van der Waals surface area contributed by atoms with Gasteiger partial charge >= 0.3 is 5.97 Å². The molecule has 0 aromatic rings. The number of aliphatic carboxylic acids is 1. The van der Waals surface area contributed by atoms with Crippen molar-refractivity contribution in [2.24, 2.45) is 5.92 Å². The third-order valence-corrected chi connectivity index (χ3v) is 3.62. The lowest BCUT2D eigenvalue weighted by molar-refractivity contribution is -0.143. The van der Waals surface area contributed by atoms with Crippen LogP contribution in [0.1, 0.15) is 64.7 Å². The summed E-state index contributed by atoms with van der Waals surface area (Å²) in [5.41, 5.74) is 0. The molecular weight excluding hydrogens is 216 g/mol. The zero-order chi connectivity index (χ0) is 12.5. The third-order valence-electron chi connectivity index (χ3n) is 3.62. The fourth-order valence-corrected chi connectivity index (χ4v) is 2.43. The van der Waals surface area contributed by atoms with Crippen LogP contribution < -0.4 is 0 Å². The van der Waals surface area contributed by atoms with Crippen molar-refractivity contribution in [3.05, 3.63) is 0 Å². The molecular formula is C14H26O3. The smallest absolute Gasteiger partial charge is 0.306 e. The molecule has 0 aromatic carbocycles. The Morgan fingerprint density at radius 1 is 1.12 bits per heavy atom. The van der Waals surface area contributed by atoms with E-state index in [1.165, 1.54) is 25.7 Å². The summed E-state index contributed by atoms with van der Waals surface area (Å²) < 4.78 is 5.80. The van der Waals surface area contributed by atoms with Crippen molar-refractivity contribution in [3.63, 3.8) is 0 Å². The van der Waals surface area contributed by atoms with Gasteiger partial charge in [-0.3, -0.25) is 4.79 Å². The van der Waals surface area contributed by atoms with Crippen LogP contribution in [-0.2, 0) is 9.53 Å². The Hall–Kier alpha value is -0.570. The van der Waals surface area contributed by atoms with Crippen LogP contribution in [0, 0.1) is 5.92 Å². The first-order valence-corrected chi connectivity index (χ1v) is 7.08. The highest BCUT2D eigenvalue weighted by molar-refractivity contribution is 5.69. The molecule has 3 heteroatoms. The van der Waals surface area contributed by atoms with Crippen LogP contribution in [0.2, 0.25) is 0 Å². The van der Waals surface area contributed by atoms with Crippen molar-refractivity contribution < 1.29 is 14.6 Å². The predicted molar refractivity (Wildman–Crippen MR) is 68.1 cm³/mol. The zero-order valence-corrected chi connectivity index (χ0v) is 11.0. The first-order chi connectivity index (χ1) is 8.24. The molecule has 0 unspecified atom stereocenters. The fraction of sp³-hybridized carbons (Fsp3) is 0.929. The summed E-state index contributed by atoms with van der Waals surface area (Å²) >= 11 is 0. The number of carboxylic acid groups (broad SMARTS) is 1. The summed E-state index contributed by atoms with van der Waals surface area (Å²) in [6, 6.07) is 0. The van der Waals surface area contributed by atoms with E-state index >= 15 is 0 Å². The predicted octanol–water partition coefficient (Wildman–Crippen LogP) is 3.62. The van der Waals surface area contributed by atoms with Crippen LogP contribution in [0.15, 0.2) is 0 Å². The molecule has 0 aromatic heterocycles. The summed E-state index contributed by atoms with van der Waals surface area (Å²) in [4.78, 5) is 10.8. The van der Waals surface area contributed by atoms with Crippen LogP contribution in [0.4, 0.5) is 0 Å². The number of hydrogen-bond acceptors (Lipinski definition) is 2. The van der Waals surface area contributed by atoms with E-state index in [4.69, 9.17) is 9.84 Å². The molecule has 0 bridgehead atoms. The van der Waals surface area contributed by atoms with Crippen molar-refractivity contribution in [1.82, 2.24) is 0 Å². The average molecular weight is 242 g/mol. The maximum absolute atomic E-state index is 10.8. The van der Waals surface area contributed by atoms with Gasteiger partial charge in [-0.15, -0.1) is 0 Å². The van der Waals surface area contributed by atoms with Gasteiger partial charge in [0.15, 0.2) is 0 Å². The van der Waals surface area contributed by atoms with E-state index in [-0.39, 0.29) is 5.92 Å². The SMILES string of the molecule is CCCCCCCOC1CCC(C(=O)O)CC1. The molecule has 1 N–H and O–H groups in total. The monoisotopic (exact) mass is 242 g/mol. The molecule has 100 valence electrons. The van der Waals surface area contributed by atoms with Gasteiger partial charge in [0.1, 0.15) is 0 Å². The van der Waals surface area contributed by atoms with Gasteiger partial charge in [-0.2, -0.15) is 0 Å². The summed E-state index contributed by atoms with van der Waals surface area (Å²) in [5.74, 6) is -0.762. The maximum atomic E-state index is 10.8. The molecule has 0 saturated heterocycles. The quantitative estimate of drug-likeness (QED) is 0.661. The van der Waals surface area contributed by atoms with Gasteiger partial charge in [0.2, 0.25) is 0 Å². The molecule has 3 nitrogen and oxygen atoms in total. The van der Waals surface area contributed by atoms with E-state index in [2.05, 4.69) is 6.92 Å². The van der Waals surface area contributed by atoms with Crippen molar-refractivity contribution in [1.29, 1.82) is 0 Å². The molecule has 0 heterocycles. The fourth-order valence-electron chi connectivity index (χ4n) is 2.43. The van der Waals surface area contributed by atoms with Crippen LogP contribution in [-0.4, -0.2) is 23.8 Å². The number of unbranched alkanes of at least 4 members (excludes halogenated alkanes) is 4. The molecule has 1 aliphatic carbocycles. The lowest BCUT2D eigenvalue weighted by Crippen LogP contribution is -2.26. The van der Waals surface area contributed by atoms with Crippen molar-refractivity contribution in [2.45, 2.75) is 70.8 Å². The minimum atomic E-state index is -0.636. The second-order valence-corrected chi connectivity index (χ2v) is 5.10. The third kappa shape index (κ3) is 6.06. The minimum absolute atomic E-state index is 0.126. The molecule has 1 aliphatic rings. The van der Waals surface area contributed by atoms with Crippen molar-refractivity contribution in [3.8, 4) is 0 Å². The van der Waals surface area contributed by atoms with E-state index < -0.39 is 5.97 Å². The molecule has 17 heavy (non-hydrogen) atoms. The normalized spacial score (nSPS) is 24.8. The van der Waals surface area contributed by atoms with E-state index in [0.29, 0.717) is 6.10 Å². The van der Waals surface area contributed by atoms with Gasteiger partial charge in [0.05, 0.1) is 12.0 Å². The highest BCUT2D eigenvalue weighted by Gasteiger charge is 2.25. The molecule has 0 aliphatic heterocycles. The van der Waals surface area contributed by atoms with Gasteiger partial charge in [0, 0.05) is 6.61 Å². The average Bonchev–Trinajstić information content (AvgIpc) is 2.34. The van der Waals surface area contributed by atoms with E-state index in [1.54, 1.807) is 0 Å². The molecule has 1 saturated carbocycles. The molecule has 0 atom stereocenters. The lowest BCUT2D eigenvalue weighted by atomic mass is 9.87. The lowest BCUT2D eigenvalue weighted by Gasteiger charge is -2.26. The summed E-state index contributed by atoms with van der Waals surface area (Å²) in [6.07, 6.45) is 10.1. The second-order valence-electron chi connectivity index (χ2n) is 5.10. The topological polar surface area (TPSA) is 46.5 Å². The summed E-state index contributed by atoms with van der Waals surface area (Å²) in [5, 5.41) is 8.88. The minimum Gasteiger partial charge on any atom is -0.481 e. The molecule has 1 fully saturated rings. The second kappa shape index (κ2) is 8.51. The maximum Gasteiger partial charge on any atom is 0.306 e. The Morgan fingerprint density at radius 3 is 2.35 bits per heavy atom. The Morgan fingerprint density at radius 2 is 1.76 bits per heavy atom. The standard InChI is InChI=1S/C14H26O3/c1-2-3-4-5-6-11-17-13-9-7-12(8-10-13)14(15)16/h12-13H,2-11H2,1H3,(H,15,16). The molecule has 0 spiro atoms. The molecule has 0 amide bonds. The number of hydrogen-bond donors (Lipinski definition) is 1. The number of ether oxygens (including phenoxy) is 1. The van der Waals surface area contributed by atoms with Gasteiger partial charge in [-0.1, -0.05) is 32.6 Å². The Bertz CT molecular complexity index is 208. The van der Waals surface area contributed by atoms with Crippen molar-refractivity contribution >= 4 is 5.97 Å². The van der Waals surface area contributed by atoms with Crippen LogP contribution in [0.5, 0.6) is 0 Å². The van der Waals surface area contributed by atoms with Gasteiger partial charge in [0.25, 0.3) is 0 Å². The first-order valence-electron chi connectivity index (χ1n) is 7.08. The number of carboxylic acids is 1. The van der Waals surface area contributed by atoms with E-state index in [1.807, 2.05) is 0 Å². The van der Waals surface area contributed by atoms with Gasteiger partial charge in [-0.05, 0) is 32.1 Å². The number of carbonyl (C=O) groups is 1. The largest absolute Gasteiger partial charge is 0.481 e. The Labute approximate surface area is 105 Å². The zero-order valence-electron chi connectivity index (χ0n) is 11.0. The highest BCUT2D eigenvalue weighted by Crippen LogP contribution is 2.26. The van der Waals surface area contributed by atoms with Gasteiger partial charge < -0.3 is 9.84 Å². The van der Waals surface area contributed by atoms with Crippen LogP contribution >= 0.6 is 0 Å². The van der Waals surface area contributed by atoms with Crippen molar-refractivity contribution in [2.75, 3.05) is 6.61 Å². The molecule has 0 radical (unpaired) electrons. The summed E-state index contributed by atoms with van der Waals surface area (Å²) in [6.45, 7) is 3.07. The van der Waals surface area contributed by atoms with E-state index in [9.17, 15) is 4.79 Å². The molecule has 1 rings (SSSR count). The highest BCUT2D eigenvalue weighted by atomic mass is 16.5. The van der Waals surface area contributed by atoms with Crippen LogP contribution in [0.25, 0.3) is 0 Å².